The van der Waals surface area contributed by atoms with Crippen LogP contribution in [0, 0.1) is 11.8 Å². The van der Waals surface area contributed by atoms with E-state index in [1.807, 2.05) is 51.1 Å². The van der Waals surface area contributed by atoms with Gasteiger partial charge in [0.05, 0.1) is 35.8 Å². The SMILES string of the molecule is CC[C@H](OC)[C@@H]([C@@H](CCN1CCC[C@H]1[C@H](OC)[C@@H](C)C(=O)N[C@@H](Cc1ccccc1)C(=O)O)OC)N(C)C(=O)[C@@H](NC(=O)C(C)(C)N)C(C)C. The summed E-state index contributed by atoms with van der Waals surface area (Å²) in [4.78, 5) is 56.2. The molecule has 5 N–H and O–H groups in total. The molecule has 13 heteroatoms. The number of benzene rings is 1. The molecule has 284 valence electrons. The van der Waals surface area contributed by atoms with Crippen LogP contribution < -0.4 is 16.4 Å². The summed E-state index contributed by atoms with van der Waals surface area (Å²) in [5.74, 6) is -2.95. The van der Waals surface area contributed by atoms with Crippen molar-refractivity contribution in [2.75, 3.05) is 41.5 Å². The van der Waals surface area contributed by atoms with Crippen LogP contribution >= 0.6 is 0 Å². The van der Waals surface area contributed by atoms with Gasteiger partial charge >= 0.3 is 5.97 Å². The van der Waals surface area contributed by atoms with Crippen molar-refractivity contribution < 1.29 is 38.5 Å². The molecule has 0 aromatic heterocycles. The van der Waals surface area contributed by atoms with Gasteiger partial charge in [0.25, 0.3) is 0 Å². The zero-order valence-electron chi connectivity index (χ0n) is 31.8. The average molecular weight is 706 g/mol. The summed E-state index contributed by atoms with van der Waals surface area (Å²) in [6.45, 7) is 12.1. The molecule has 50 heavy (non-hydrogen) atoms. The highest BCUT2D eigenvalue weighted by Crippen LogP contribution is 2.28. The molecule has 1 saturated heterocycles. The van der Waals surface area contributed by atoms with E-state index in [1.165, 1.54) is 0 Å². The molecule has 1 heterocycles. The van der Waals surface area contributed by atoms with E-state index in [2.05, 4.69) is 15.5 Å². The fourth-order valence-corrected chi connectivity index (χ4v) is 6.91. The van der Waals surface area contributed by atoms with Crippen LogP contribution in [-0.4, -0.2) is 128 Å². The number of carboxylic acids is 1. The number of amides is 3. The van der Waals surface area contributed by atoms with E-state index in [-0.39, 0.29) is 36.3 Å². The monoisotopic (exact) mass is 705 g/mol. The lowest BCUT2D eigenvalue weighted by molar-refractivity contribution is -0.146. The topological polar surface area (TPSA) is 173 Å². The number of nitrogens with two attached hydrogens (primary N) is 1. The molecule has 0 bridgehead atoms. The number of carbonyl (C=O) groups excluding carboxylic acids is 3. The predicted molar refractivity (Wildman–Crippen MR) is 192 cm³/mol. The van der Waals surface area contributed by atoms with Crippen LogP contribution in [0.3, 0.4) is 0 Å². The highest BCUT2D eigenvalue weighted by atomic mass is 16.5. The van der Waals surface area contributed by atoms with Crippen molar-refractivity contribution in [3.05, 3.63) is 35.9 Å². The Bertz CT molecular complexity index is 1220. The molecular weight excluding hydrogens is 642 g/mol. The Morgan fingerprint density at radius 3 is 2.14 bits per heavy atom. The molecule has 1 fully saturated rings. The van der Waals surface area contributed by atoms with Crippen molar-refractivity contribution in [1.82, 2.24) is 20.4 Å². The van der Waals surface area contributed by atoms with Gasteiger partial charge in [0.15, 0.2) is 0 Å². The van der Waals surface area contributed by atoms with Crippen LogP contribution in [0.4, 0.5) is 0 Å². The maximum Gasteiger partial charge on any atom is 0.326 e. The number of carbonyl (C=O) groups is 4. The number of methoxy groups -OCH3 is 3. The summed E-state index contributed by atoms with van der Waals surface area (Å²) in [5, 5.41) is 15.4. The second-order valence-corrected chi connectivity index (χ2v) is 14.4. The van der Waals surface area contributed by atoms with E-state index in [0.717, 1.165) is 24.9 Å². The summed E-state index contributed by atoms with van der Waals surface area (Å²) in [5.41, 5.74) is 5.70. The number of nitrogens with one attached hydrogen (secondary N) is 2. The molecule has 0 aliphatic carbocycles. The van der Waals surface area contributed by atoms with E-state index in [9.17, 15) is 24.3 Å². The summed E-state index contributed by atoms with van der Waals surface area (Å²) in [7, 11) is 6.54. The third-order valence-corrected chi connectivity index (χ3v) is 9.94. The van der Waals surface area contributed by atoms with Gasteiger partial charge in [-0.15, -0.1) is 0 Å². The summed E-state index contributed by atoms with van der Waals surface area (Å²) in [6, 6.07) is 6.79. The standard InChI is InChI=1S/C37H63N5O8/c1-11-28(48-8)31(41(7)34(44)30(23(2)3)40-36(47)37(5,6)38)29(49-9)19-21-42-20-15-18-27(42)32(50-10)24(4)33(43)39-26(35(45)46)22-25-16-13-12-14-17-25/h12-14,16-17,23-24,26-32H,11,15,18-22,38H2,1-10H3,(H,39,43)(H,40,47)(H,45,46)/t24-,26+,27+,28+,29-,30+,31+,32-/m1/s1. The van der Waals surface area contributed by atoms with Crippen LogP contribution in [-0.2, 0) is 39.8 Å². The first kappa shape index (κ1) is 43.1. The van der Waals surface area contributed by atoms with Gasteiger partial charge in [-0.25, -0.2) is 4.79 Å². The Hall–Kier alpha value is -3.10. The number of likely N-dealkylation sites (N-methyl/N-ethyl adjacent to an activating group) is 1. The number of carboxylic acid groups (broad SMARTS) is 1. The minimum absolute atomic E-state index is 0.0852. The molecule has 13 nitrogen and oxygen atoms in total. The van der Waals surface area contributed by atoms with Crippen molar-refractivity contribution in [1.29, 1.82) is 0 Å². The van der Waals surface area contributed by atoms with E-state index in [4.69, 9.17) is 19.9 Å². The zero-order chi connectivity index (χ0) is 37.8. The Balaban J connectivity index is 2.23. The van der Waals surface area contributed by atoms with Crippen LogP contribution in [0.5, 0.6) is 0 Å². The Morgan fingerprint density at radius 1 is 1.02 bits per heavy atom. The van der Waals surface area contributed by atoms with Crippen LogP contribution in [0.15, 0.2) is 30.3 Å². The average Bonchev–Trinajstić information content (AvgIpc) is 3.54. The Labute approximate surface area is 298 Å². The Morgan fingerprint density at radius 2 is 1.64 bits per heavy atom. The second-order valence-electron chi connectivity index (χ2n) is 14.4. The van der Waals surface area contributed by atoms with Crippen LogP contribution in [0.2, 0.25) is 0 Å². The number of aliphatic carboxylic acids is 1. The number of rotatable bonds is 21. The van der Waals surface area contributed by atoms with Gasteiger partial charge in [-0.3, -0.25) is 19.3 Å². The van der Waals surface area contributed by atoms with Crippen molar-refractivity contribution in [3.8, 4) is 0 Å². The minimum Gasteiger partial charge on any atom is -0.480 e. The van der Waals surface area contributed by atoms with Gasteiger partial charge in [-0.1, -0.05) is 58.0 Å². The molecule has 0 spiro atoms. The second kappa shape index (κ2) is 20.1. The van der Waals surface area contributed by atoms with Gasteiger partial charge in [0.2, 0.25) is 17.7 Å². The predicted octanol–water partition coefficient (Wildman–Crippen LogP) is 2.45. The normalized spacial score (nSPS) is 19.6. The molecule has 2 rings (SSSR count). The number of ether oxygens (including phenoxy) is 3. The third kappa shape index (κ3) is 11.7. The summed E-state index contributed by atoms with van der Waals surface area (Å²) < 4.78 is 17.9. The fraction of sp³-hybridized carbons (Fsp3) is 0.730. The molecule has 1 aliphatic rings. The number of likely N-dealkylation sites (tertiary alicyclic amines) is 1. The zero-order valence-corrected chi connectivity index (χ0v) is 31.8. The molecule has 8 atom stereocenters. The number of hydrogen-bond donors (Lipinski definition) is 4. The molecule has 1 aliphatic heterocycles. The van der Waals surface area contributed by atoms with Crippen LogP contribution in [0.25, 0.3) is 0 Å². The summed E-state index contributed by atoms with van der Waals surface area (Å²) >= 11 is 0. The van der Waals surface area contributed by atoms with Crippen molar-refractivity contribution in [2.24, 2.45) is 17.6 Å². The molecule has 1 aromatic carbocycles. The van der Waals surface area contributed by atoms with Gasteiger partial charge in [-0.2, -0.15) is 0 Å². The highest BCUT2D eigenvalue weighted by molar-refractivity contribution is 5.91. The molecule has 0 unspecified atom stereocenters. The van der Waals surface area contributed by atoms with E-state index < -0.39 is 53.7 Å². The van der Waals surface area contributed by atoms with Gasteiger partial charge in [0, 0.05) is 47.4 Å². The lowest BCUT2D eigenvalue weighted by atomic mass is 9.93. The molecule has 0 saturated carbocycles. The van der Waals surface area contributed by atoms with Crippen molar-refractivity contribution in [2.45, 2.75) is 122 Å². The highest BCUT2D eigenvalue weighted by Gasteiger charge is 2.42. The molecular formula is C37H63N5O8. The van der Waals surface area contributed by atoms with Gasteiger partial charge in [0.1, 0.15) is 12.1 Å². The first-order chi connectivity index (χ1) is 23.5. The van der Waals surface area contributed by atoms with E-state index in [1.54, 1.807) is 54.0 Å². The van der Waals surface area contributed by atoms with Crippen molar-refractivity contribution >= 4 is 23.7 Å². The van der Waals surface area contributed by atoms with E-state index in [0.29, 0.717) is 19.4 Å². The number of nitrogens with zero attached hydrogens (tertiary/aromatic N) is 2. The van der Waals surface area contributed by atoms with Crippen LogP contribution in [0.1, 0.15) is 72.8 Å². The third-order valence-electron chi connectivity index (χ3n) is 9.94. The van der Waals surface area contributed by atoms with E-state index >= 15 is 0 Å². The first-order valence-corrected chi connectivity index (χ1v) is 17.8. The largest absolute Gasteiger partial charge is 0.480 e. The molecule has 3 amide bonds. The number of hydrogen-bond acceptors (Lipinski definition) is 9. The van der Waals surface area contributed by atoms with Gasteiger partial charge < -0.3 is 40.6 Å². The van der Waals surface area contributed by atoms with Gasteiger partial charge in [-0.05, 0) is 57.6 Å². The Kier molecular flexibility index (Phi) is 17.3. The lowest BCUT2D eigenvalue weighted by Gasteiger charge is -2.41. The quantitative estimate of drug-likeness (QED) is 0.149. The maximum atomic E-state index is 14.0. The smallest absolute Gasteiger partial charge is 0.326 e. The lowest BCUT2D eigenvalue weighted by Crippen LogP contribution is -2.61. The minimum atomic E-state index is -1.15. The maximum absolute atomic E-state index is 14.0. The fourth-order valence-electron chi connectivity index (χ4n) is 6.91. The summed E-state index contributed by atoms with van der Waals surface area (Å²) in [6.07, 6.45) is 1.84. The molecule has 0 radical (unpaired) electrons. The molecule has 1 aromatic rings. The first-order valence-electron chi connectivity index (χ1n) is 17.8. The van der Waals surface area contributed by atoms with Crippen molar-refractivity contribution in [3.63, 3.8) is 0 Å².